The molecule has 1 atom stereocenters. The van der Waals surface area contributed by atoms with Crippen LogP contribution in [0.2, 0.25) is 0 Å². The molecule has 0 saturated heterocycles. The summed E-state index contributed by atoms with van der Waals surface area (Å²) >= 11 is 1.83. The fraction of sp³-hybridized carbons (Fsp3) is 0.0980. The summed E-state index contributed by atoms with van der Waals surface area (Å²) in [5, 5.41) is 0. The third-order valence-electron chi connectivity index (χ3n) is 11.0. The highest BCUT2D eigenvalue weighted by Gasteiger charge is 2.33. The Morgan fingerprint density at radius 2 is 0.914 bits per heavy atom. The monoisotopic (exact) mass is 766 g/mol. The van der Waals surface area contributed by atoms with Gasteiger partial charge in [0.25, 0.3) is 0 Å². The zero-order valence-electron chi connectivity index (χ0n) is 32.1. The van der Waals surface area contributed by atoms with E-state index < -0.39 is 0 Å². The average Bonchev–Trinajstić information content (AvgIpc) is 3.30. The van der Waals surface area contributed by atoms with Gasteiger partial charge in [0.1, 0.15) is 5.82 Å². The molecule has 0 fully saturated rings. The summed E-state index contributed by atoms with van der Waals surface area (Å²) in [5.41, 5.74) is 9.48. The van der Waals surface area contributed by atoms with Gasteiger partial charge in [-0.3, -0.25) is 0 Å². The van der Waals surface area contributed by atoms with Gasteiger partial charge in [-0.1, -0.05) is 183 Å². The molecule has 6 nitrogen and oxygen atoms in total. The van der Waals surface area contributed by atoms with Gasteiger partial charge in [-0.25, -0.2) is 29.9 Å². The molecule has 1 aliphatic carbocycles. The van der Waals surface area contributed by atoms with Crippen LogP contribution < -0.4 is 0 Å². The molecule has 1 unspecified atom stereocenters. The summed E-state index contributed by atoms with van der Waals surface area (Å²) in [4.78, 5) is 32.9. The third-order valence-corrected chi connectivity index (χ3v) is 12.1. The molecule has 278 valence electrons. The van der Waals surface area contributed by atoms with Crippen molar-refractivity contribution in [1.82, 2.24) is 29.9 Å². The molecule has 0 N–H and O–H groups in total. The Labute approximate surface area is 342 Å². The lowest BCUT2D eigenvalue weighted by molar-refractivity contribution is 0.607. The normalized spacial score (nSPS) is 15.3. The SMILES string of the molecule is CC1(C)c2ccccc2Sc2ccc(-c3nc(-c4ccc(-c5ccccc5)cc4)nc(C4C=CC(c5nc(-c6ccccc6)nc(-c6ccccc6)n5)=CC4)n3)cc21. The van der Waals surface area contributed by atoms with E-state index in [4.69, 9.17) is 29.9 Å². The Morgan fingerprint density at radius 3 is 1.53 bits per heavy atom. The molecule has 2 aromatic heterocycles. The van der Waals surface area contributed by atoms with Crippen LogP contribution in [0.3, 0.4) is 0 Å². The number of fused-ring (bicyclic) bond motifs is 2. The maximum Gasteiger partial charge on any atom is 0.164 e. The number of rotatable bonds is 7. The van der Waals surface area contributed by atoms with Crippen LogP contribution in [0, 0.1) is 0 Å². The van der Waals surface area contributed by atoms with E-state index in [1.54, 1.807) is 0 Å². The molecule has 58 heavy (non-hydrogen) atoms. The molecule has 6 aromatic carbocycles. The van der Waals surface area contributed by atoms with Crippen molar-refractivity contribution in [2.45, 2.75) is 41.4 Å². The highest BCUT2D eigenvalue weighted by atomic mass is 32.2. The summed E-state index contributed by atoms with van der Waals surface area (Å²) in [5.74, 6) is 3.87. The quantitative estimate of drug-likeness (QED) is 0.160. The minimum atomic E-state index is -0.178. The van der Waals surface area contributed by atoms with E-state index >= 15 is 0 Å². The summed E-state index contributed by atoms with van der Waals surface area (Å²) in [7, 11) is 0. The standard InChI is InChI=1S/C51H38N6S/c1-51(2)41-20-12-13-21-43(41)58-44-31-30-40(32-42(44)51)50-56-48(37-24-22-34(23-25-37)33-14-6-3-7-15-33)55-49(57-50)39-28-26-38(27-29-39)47-53-45(35-16-8-4-9-17-35)52-46(54-47)36-18-10-5-11-19-36/h3-28,30-32,39H,29H2,1-2H3. The number of hydrogen-bond acceptors (Lipinski definition) is 7. The zero-order chi connectivity index (χ0) is 39.1. The van der Waals surface area contributed by atoms with Crippen molar-refractivity contribution in [3.63, 3.8) is 0 Å². The Bertz CT molecular complexity index is 2800. The topological polar surface area (TPSA) is 77.3 Å². The van der Waals surface area contributed by atoms with Crippen molar-refractivity contribution in [2.75, 3.05) is 0 Å². The molecule has 0 spiro atoms. The zero-order valence-corrected chi connectivity index (χ0v) is 32.9. The summed E-state index contributed by atoms with van der Waals surface area (Å²) in [6.45, 7) is 4.61. The second kappa shape index (κ2) is 14.9. The highest BCUT2D eigenvalue weighted by Crippen LogP contribution is 2.49. The van der Waals surface area contributed by atoms with Crippen molar-refractivity contribution in [1.29, 1.82) is 0 Å². The molecule has 1 aliphatic heterocycles. The van der Waals surface area contributed by atoms with E-state index in [1.807, 2.05) is 78.5 Å². The molecular formula is C51H38N6S. The Kier molecular flexibility index (Phi) is 9.15. The lowest BCUT2D eigenvalue weighted by atomic mass is 9.77. The van der Waals surface area contributed by atoms with Crippen LogP contribution in [0.25, 0.3) is 62.3 Å². The first-order valence-electron chi connectivity index (χ1n) is 19.6. The van der Waals surface area contributed by atoms with Crippen molar-refractivity contribution in [3.05, 3.63) is 199 Å². The molecule has 0 bridgehead atoms. The second-order valence-corrected chi connectivity index (χ2v) is 16.2. The van der Waals surface area contributed by atoms with Gasteiger partial charge in [-0.15, -0.1) is 0 Å². The van der Waals surface area contributed by atoms with Gasteiger partial charge in [-0.05, 0) is 46.9 Å². The van der Waals surface area contributed by atoms with Crippen molar-refractivity contribution in [3.8, 4) is 56.7 Å². The van der Waals surface area contributed by atoms with Crippen LogP contribution in [-0.2, 0) is 5.41 Å². The summed E-state index contributed by atoms with van der Waals surface area (Å²) in [6, 6.07) is 54.4. The molecule has 2 aliphatic rings. The molecule has 3 heterocycles. The highest BCUT2D eigenvalue weighted by molar-refractivity contribution is 7.99. The second-order valence-electron chi connectivity index (χ2n) is 15.1. The first-order chi connectivity index (χ1) is 28.5. The molecule has 0 amide bonds. The van der Waals surface area contributed by atoms with E-state index in [1.165, 1.54) is 26.5 Å². The van der Waals surface area contributed by atoms with Gasteiger partial charge < -0.3 is 0 Å². The molecule has 0 saturated carbocycles. The van der Waals surface area contributed by atoms with E-state index in [2.05, 4.69) is 123 Å². The van der Waals surface area contributed by atoms with Gasteiger partial charge in [0, 0.05) is 49.0 Å². The Hall–Kier alpha value is -6.83. The van der Waals surface area contributed by atoms with Crippen LogP contribution in [-0.4, -0.2) is 29.9 Å². The number of benzene rings is 6. The van der Waals surface area contributed by atoms with Crippen molar-refractivity contribution >= 4 is 17.3 Å². The lowest BCUT2D eigenvalue weighted by Crippen LogP contribution is -2.23. The molecule has 7 heteroatoms. The fourth-order valence-corrected chi connectivity index (χ4v) is 9.13. The van der Waals surface area contributed by atoms with Gasteiger partial charge in [0.15, 0.2) is 29.1 Å². The number of hydrogen-bond donors (Lipinski definition) is 0. The Morgan fingerprint density at radius 1 is 0.448 bits per heavy atom. The smallest absolute Gasteiger partial charge is 0.164 e. The lowest BCUT2D eigenvalue weighted by Gasteiger charge is -2.34. The van der Waals surface area contributed by atoms with Gasteiger partial charge in [0.05, 0.1) is 0 Å². The predicted octanol–water partition coefficient (Wildman–Crippen LogP) is 12.3. The number of aromatic nitrogens is 6. The van der Waals surface area contributed by atoms with E-state index in [0.29, 0.717) is 35.5 Å². The maximum atomic E-state index is 5.21. The van der Waals surface area contributed by atoms with Crippen molar-refractivity contribution < 1.29 is 0 Å². The van der Waals surface area contributed by atoms with Crippen LogP contribution in [0.4, 0.5) is 0 Å². The van der Waals surface area contributed by atoms with Crippen LogP contribution in [0.1, 0.15) is 49.0 Å². The number of nitrogens with zero attached hydrogens (tertiary/aromatic N) is 6. The summed E-state index contributed by atoms with van der Waals surface area (Å²) < 4.78 is 0. The molecule has 8 aromatic rings. The summed E-state index contributed by atoms with van der Waals surface area (Å²) in [6.07, 6.45) is 7.14. The largest absolute Gasteiger partial charge is 0.212 e. The van der Waals surface area contributed by atoms with Gasteiger partial charge >= 0.3 is 0 Å². The van der Waals surface area contributed by atoms with Gasteiger partial charge in [0.2, 0.25) is 0 Å². The van der Waals surface area contributed by atoms with Gasteiger partial charge in [-0.2, -0.15) is 0 Å². The molecule has 10 rings (SSSR count). The van der Waals surface area contributed by atoms with Crippen molar-refractivity contribution in [2.24, 2.45) is 0 Å². The first kappa shape index (κ1) is 35.6. The first-order valence-corrected chi connectivity index (χ1v) is 20.4. The third kappa shape index (κ3) is 6.84. The predicted molar refractivity (Wildman–Crippen MR) is 234 cm³/mol. The van der Waals surface area contributed by atoms with Crippen LogP contribution in [0.5, 0.6) is 0 Å². The van der Waals surface area contributed by atoms with E-state index in [9.17, 15) is 0 Å². The maximum absolute atomic E-state index is 5.21. The fourth-order valence-electron chi connectivity index (χ4n) is 7.76. The average molecular weight is 767 g/mol. The molecular weight excluding hydrogens is 729 g/mol. The number of allylic oxidation sites excluding steroid dienone is 4. The van der Waals surface area contributed by atoms with Crippen LogP contribution in [0.15, 0.2) is 186 Å². The Balaban J connectivity index is 1.03. The minimum absolute atomic E-state index is 0.0756. The van der Waals surface area contributed by atoms with Crippen LogP contribution >= 0.6 is 11.8 Å². The van der Waals surface area contributed by atoms with E-state index in [0.717, 1.165) is 39.2 Å². The van der Waals surface area contributed by atoms with E-state index in [-0.39, 0.29) is 11.3 Å². The minimum Gasteiger partial charge on any atom is -0.212 e. The molecule has 0 radical (unpaired) electrons.